The predicted molar refractivity (Wildman–Crippen MR) is 99.5 cm³/mol. The van der Waals surface area contributed by atoms with Crippen LogP contribution in [0.15, 0.2) is 54.6 Å². The molecule has 25 heavy (non-hydrogen) atoms. The Morgan fingerprint density at radius 2 is 1.84 bits per heavy atom. The van der Waals surface area contributed by atoms with E-state index in [1.807, 2.05) is 36.4 Å². The Morgan fingerprint density at radius 1 is 1.12 bits per heavy atom. The molecule has 0 unspecified atom stereocenters. The van der Waals surface area contributed by atoms with Gasteiger partial charge in [-0.1, -0.05) is 36.4 Å². The van der Waals surface area contributed by atoms with E-state index in [-0.39, 0.29) is 17.7 Å². The first-order chi connectivity index (χ1) is 12.0. The van der Waals surface area contributed by atoms with Crippen molar-refractivity contribution in [3.05, 3.63) is 65.7 Å². The Bertz CT molecular complexity index is 872. The summed E-state index contributed by atoms with van der Waals surface area (Å²) in [5.74, 6) is 0.549. The summed E-state index contributed by atoms with van der Waals surface area (Å²) in [7, 11) is 0. The van der Waals surface area contributed by atoms with Crippen LogP contribution in [-0.2, 0) is 10.2 Å². The van der Waals surface area contributed by atoms with E-state index in [9.17, 15) is 4.79 Å². The number of carbonyl (C=O) groups excluding carboxylic acids is 1. The number of benzene rings is 2. The highest BCUT2D eigenvalue weighted by Gasteiger charge is 2.58. The third-order valence-electron chi connectivity index (χ3n) is 5.42. The number of rotatable bonds is 3. The fraction of sp³-hybridized carbons (Fsp3) is 0.286. The van der Waals surface area contributed by atoms with Crippen LogP contribution in [0.4, 0.5) is 5.69 Å². The van der Waals surface area contributed by atoms with Gasteiger partial charge in [0.2, 0.25) is 11.6 Å². The largest absolute Gasteiger partial charge is 0.463 e. The minimum absolute atomic E-state index is 0.283. The monoisotopic (exact) mass is 334 g/mol. The quantitative estimate of drug-likeness (QED) is 0.935. The molecule has 2 N–H and O–H groups in total. The third kappa shape index (κ3) is 2.17. The average molecular weight is 334 g/mol. The summed E-state index contributed by atoms with van der Waals surface area (Å²) >= 11 is 0. The Labute approximate surface area is 147 Å². The molecule has 128 valence electrons. The molecule has 1 spiro atoms. The molecule has 1 amide bonds. The Balaban J connectivity index is 1.86. The standard InChI is InChI=1S/C21H22N2O2/c1-20(2)16-8-4-5-9-17(16)23(14-12-19(22)24)21(20)13-11-15-7-3-6-10-18(15)25-21/h3-11,13H,12,14H2,1-2H3,(H2,22,24)/t21-/m0/s1. The van der Waals surface area contributed by atoms with Crippen LogP contribution < -0.4 is 15.4 Å². The van der Waals surface area contributed by atoms with Gasteiger partial charge in [0, 0.05) is 24.2 Å². The zero-order valence-electron chi connectivity index (χ0n) is 14.5. The smallest absolute Gasteiger partial charge is 0.219 e. The van der Waals surface area contributed by atoms with E-state index in [0.717, 1.165) is 17.0 Å². The number of ether oxygens (including phenoxy) is 1. The van der Waals surface area contributed by atoms with Crippen LogP contribution in [0.3, 0.4) is 0 Å². The van der Waals surface area contributed by atoms with Gasteiger partial charge in [-0.25, -0.2) is 0 Å². The lowest BCUT2D eigenvalue weighted by Crippen LogP contribution is -2.60. The minimum atomic E-state index is -0.680. The lowest BCUT2D eigenvalue weighted by molar-refractivity contribution is -0.117. The topological polar surface area (TPSA) is 55.6 Å². The second-order valence-electron chi connectivity index (χ2n) is 7.18. The number of hydrogen-bond donors (Lipinski definition) is 1. The van der Waals surface area contributed by atoms with Gasteiger partial charge in [0.25, 0.3) is 0 Å². The van der Waals surface area contributed by atoms with E-state index in [0.29, 0.717) is 6.54 Å². The zero-order valence-corrected chi connectivity index (χ0v) is 14.5. The van der Waals surface area contributed by atoms with Gasteiger partial charge in [0.15, 0.2) is 0 Å². The van der Waals surface area contributed by atoms with Gasteiger partial charge in [-0.05, 0) is 43.7 Å². The summed E-state index contributed by atoms with van der Waals surface area (Å²) in [6.07, 6.45) is 4.52. The van der Waals surface area contributed by atoms with Gasteiger partial charge in [-0.2, -0.15) is 0 Å². The molecule has 4 nitrogen and oxygen atoms in total. The van der Waals surface area contributed by atoms with Crippen molar-refractivity contribution in [1.82, 2.24) is 0 Å². The van der Waals surface area contributed by atoms with Gasteiger partial charge < -0.3 is 15.4 Å². The first kappa shape index (κ1) is 15.8. The summed E-state index contributed by atoms with van der Waals surface area (Å²) in [4.78, 5) is 13.6. The average Bonchev–Trinajstić information content (AvgIpc) is 2.78. The molecule has 0 radical (unpaired) electrons. The van der Waals surface area contributed by atoms with E-state index < -0.39 is 5.72 Å². The molecule has 2 aliphatic rings. The molecule has 2 heterocycles. The molecule has 0 aromatic heterocycles. The SMILES string of the molecule is CC1(C)c2ccccc2N(CCC(N)=O)[C@]12C=Cc1ccccc1O2. The van der Waals surface area contributed by atoms with Crippen molar-refractivity contribution in [2.75, 3.05) is 11.4 Å². The molecule has 1 atom stereocenters. The first-order valence-electron chi connectivity index (χ1n) is 8.58. The third-order valence-corrected chi connectivity index (χ3v) is 5.42. The summed E-state index contributed by atoms with van der Waals surface area (Å²) in [5, 5.41) is 0. The molecule has 4 rings (SSSR count). The lowest BCUT2D eigenvalue weighted by atomic mass is 9.76. The van der Waals surface area contributed by atoms with Crippen molar-refractivity contribution in [1.29, 1.82) is 0 Å². The number of fused-ring (bicyclic) bond motifs is 2. The second kappa shape index (κ2) is 5.38. The Kier molecular flexibility index (Phi) is 3.39. The highest BCUT2D eigenvalue weighted by Crippen LogP contribution is 2.54. The number of primary amides is 1. The minimum Gasteiger partial charge on any atom is -0.463 e. The normalized spacial score (nSPS) is 22.4. The summed E-state index contributed by atoms with van der Waals surface area (Å²) in [5.41, 5.74) is 7.83. The van der Waals surface area contributed by atoms with E-state index in [1.165, 1.54) is 5.56 Å². The zero-order chi connectivity index (χ0) is 17.7. The molecular formula is C21H22N2O2. The van der Waals surface area contributed by atoms with Crippen LogP contribution in [0.1, 0.15) is 31.4 Å². The summed E-state index contributed by atoms with van der Waals surface area (Å²) < 4.78 is 6.61. The highest BCUT2D eigenvalue weighted by molar-refractivity contribution is 5.76. The maximum absolute atomic E-state index is 11.4. The number of hydrogen-bond acceptors (Lipinski definition) is 3. The summed E-state index contributed by atoms with van der Waals surface area (Å²) in [6, 6.07) is 16.3. The van der Waals surface area contributed by atoms with E-state index >= 15 is 0 Å². The number of para-hydroxylation sites is 2. The molecular weight excluding hydrogens is 312 g/mol. The van der Waals surface area contributed by atoms with Crippen molar-refractivity contribution in [2.24, 2.45) is 5.73 Å². The van der Waals surface area contributed by atoms with Crippen LogP contribution in [0.5, 0.6) is 5.75 Å². The van der Waals surface area contributed by atoms with Crippen LogP contribution in [-0.4, -0.2) is 18.2 Å². The van der Waals surface area contributed by atoms with Crippen molar-refractivity contribution in [2.45, 2.75) is 31.4 Å². The lowest BCUT2D eigenvalue weighted by Gasteiger charge is -2.47. The van der Waals surface area contributed by atoms with Gasteiger partial charge in [-0.15, -0.1) is 0 Å². The molecule has 4 heteroatoms. The van der Waals surface area contributed by atoms with Crippen LogP contribution in [0.2, 0.25) is 0 Å². The number of amides is 1. The maximum Gasteiger partial charge on any atom is 0.219 e. The van der Waals surface area contributed by atoms with Crippen molar-refractivity contribution < 1.29 is 9.53 Å². The fourth-order valence-corrected chi connectivity index (χ4v) is 4.05. The number of anilines is 1. The number of nitrogens with two attached hydrogens (primary N) is 1. The Hall–Kier alpha value is -2.75. The van der Waals surface area contributed by atoms with Gasteiger partial charge in [-0.3, -0.25) is 4.79 Å². The number of carbonyl (C=O) groups is 1. The molecule has 0 fully saturated rings. The van der Waals surface area contributed by atoms with Gasteiger partial charge in [0.05, 0.1) is 5.41 Å². The fourth-order valence-electron chi connectivity index (χ4n) is 4.05. The van der Waals surface area contributed by atoms with Crippen molar-refractivity contribution >= 4 is 17.7 Å². The molecule has 0 saturated heterocycles. The Morgan fingerprint density at radius 3 is 2.64 bits per heavy atom. The summed E-state index contributed by atoms with van der Waals surface area (Å²) in [6.45, 7) is 4.89. The van der Waals surface area contributed by atoms with E-state index in [2.05, 4.69) is 43.0 Å². The van der Waals surface area contributed by atoms with Crippen molar-refractivity contribution in [3.8, 4) is 5.75 Å². The van der Waals surface area contributed by atoms with Crippen LogP contribution >= 0.6 is 0 Å². The molecule has 2 aliphatic heterocycles. The predicted octanol–water partition coefficient (Wildman–Crippen LogP) is 3.46. The molecule has 2 aromatic carbocycles. The molecule has 0 bridgehead atoms. The highest BCUT2D eigenvalue weighted by atomic mass is 16.5. The van der Waals surface area contributed by atoms with Crippen LogP contribution in [0.25, 0.3) is 6.08 Å². The van der Waals surface area contributed by atoms with E-state index in [4.69, 9.17) is 10.5 Å². The first-order valence-corrected chi connectivity index (χ1v) is 8.58. The van der Waals surface area contributed by atoms with E-state index in [1.54, 1.807) is 0 Å². The van der Waals surface area contributed by atoms with Crippen molar-refractivity contribution in [3.63, 3.8) is 0 Å². The molecule has 2 aromatic rings. The molecule has 0 aliphatic carbocycles. The van der Waals surface area contributed by atoms with Gasteiger partial charge >= 0.3 is 0 Å². The maximum atomic E-state index is 11.4. The molecule has 0 saturated carbocycles. The number of nitrogens with zero attached hydrogens (tertiary/aromatic N) is 1. The van der Waals surface area contributed by atoms with Gasteiger partial charge in [0.1, 0.15) is 5.75 Å². The van der Waals surface area contributed by atoms with Crippen LogP contribution in [0, 0.1) is 0 Å². The second-order valence-corrected chi connectivity index (χ2v) is 7.18.